The van der Waals surface area contributed by atoms with Gasteiger partial charge in [0.05, 0.1) is 5.02 Å². The fourth-order valence-electron chi connectivity index (χ4n) is 2.40. The van der Waals surface area contributed by atoms with E-state index in [-0.39, 0.29) is 11.7 Å². The SMILES string of the molecule is NCC1Cc2cc(-c3cccc(F)c3F)cc(Cl)c2O1. The van der Waals surface area contributed by atoms with Gasteiger partial charge in [0, 0.05) is 24.1 Å². The lowest BCUT2D eigenvalue weighted by atomic mass is 10.0. The second kappa shape index (κ2) is 5.04. The number of benzene rings is 2. The molecule has 1 atom stereocenters. The summed E-state index contributed by atoms with van der Waals surface area (Å²) in [6.45, 7) is 0.384. The van der Waals surface area contributed by atoms with E-state index in [4.69, 9.17) is 22.1 Å². The van der Waals surface area contributed by atoms with Crippen LogP contribution in [0.4, 0.5) is 8.78 Å². The van der Waals surface area contributed by atoms with Crippen LogP contribution in [-0.4, -0.2) is 12.6 Å². The van der Waals surface area contributed by atoms with Crippen molar-refractivity contribution < 1.29 is 13.5 Å². The van der Waals surface area contributed by atoms with Gasteiger partial charge in [-0.1, -0.05) is 23.7 Å². The maximum atomic E-state index is 13.8. The van der Waals surface area contributed by atoms with Crippen LogP contribution >= 0.6 is 11.6 Å². The molecule has 2 aromatic rings. The van der Waals surface area contributed by atoms with Crippen LogP contribution in [0.5, 0.6) is 5.75 Å². The van der Waals surface area contributed by atoms with Gasteiger partial charge in [-0.2, -0.15) is 0 Å². The second-order valence-corrected chi connectivity index (χ2v) is 5.13. The standard InChI is InChI=1S/C15H12ClF2NO/c16-12-6-8(11-2-1-3-13(17)14(11)18)4-9-5-10(7-19)20-15(9)12/h1-4,6,10H,5,7,19H2. The molecule has 104 valence electrons. The Balaban J connectivity index is 2.09. The van der Waals surface area contributed by atoms with Crippen LogP contribution in [0.1, 0.15) is 5.56 Å². The molecule has 3 rings (SSSR count). The Kier molecular flexibility index (Phi) is 3.36. The van der Waals surface area contributed by atoms with Gasteiger partial charge in [-0.25, -0.2) is 8.78 Å². The highest BCUT2D eigenvalue weighted by atomic mass is 35.5. The van der Waals surface area contributed by atoms with Gasteiger partial charge in [0.15, 0.2) is 11.6 Å². The molecule has 1 aliphatic heterocycles. The van der Waals surface area contributed by atoms with Crippen molar-refractivity contribution in [2.75, 3.05) is 6.54 Å². The van der Waals surface area contributed by atoms with Gasteiger partial charge in [-0.05, 0) is 23.8 Å². The van der Waals surface area contributed by atoms with E-state index in [2.05, 4.69) is 0 Å². The zero-order valence-electron chi connectivity index (χ0n) is 10.5. The highest BCUT2D eigenvalue weighted by Gasteiger charge is 2.25. The van der Waals surface area contributed by atoms with E-state index in [0.29, 0.717) is 29.3 Å². The lowest BCUT2D eigenvalue weighted by Gasteiger charge is -2.09. The number of ether oxygens (including phenoxy) is 1. The van der Waals surface area contributed by atoms with Gasteiger partial charge in [0.2, 0.25) is 0 Å². The first-order chi connectivity index (χ1) is 9.60. The number of fused-ring (bicyclic) bond motifs is 1. The van der Waals surface area contributed by atoms with Crippen LogP contribution in [0.3, 0.4) is 0 Å². The summed E-state index contributed by atoms with van der Waals surface area (Å²) in [6.07, 6.45) is 0.506. The molecular weight excluding hydrogens is 284 g/mol. The molecule has 2 N–H and O–H groups in total. The van der Waals surface area contributed by atoms with E-state index in [0.717, 1.165) is 11.6 Å². The molecular formula is C15H12ClF2NO. The minimum atomic E-state index is -0.879. The highest BCUT2D eigenvalue weighted by Crippen LogP contribution is 2.40. The highest BCUT2D eigenvalue weighted by molar-refractivity contribution is 6.32. The van der Waals surface area contributed by atoms with Gasteiger partial charge in [0.1, 0.15) is 11.9 Å². The Morgan fingerprint density at radius 2 is 2.10 bits per heavy atom. The molecule has 0 bridgehead atoms. The average molecular weight is 296 g/mol. The topological polar surface area (TPSA) is 35.2 Å². The Morgan fingerprint density at radius 3 is 2.85 bits per heavy atom. The summed E-state index contributed by atoms with van der Waals surface area (Å²) < 4.78 is 32.8. The molecule has 5 heteroatoms. The number of nitrogens with two attached hydrogens (primary N) is 1. The Bertz CT molecular complexity index is 675. The first kappa shape index (κ1) is 13.3. The molecule has 2 nitrogen and oxygen atoms in total. The lowest BCUT2D eigenvalue weighted by molar-refractivity contribution is 0.241. The van der Waals surface area contributed by atoms with Gasteiger partial charge >= 0.3 is 0 Å². The molecule has 0 amide bonds. The maximum absolute atomic E-state index is 13.8. The number of halogens is 3. The van der Waals surface area contributed by atoms with E-state index >= 15 is 0 Å². The summed E-state index contributed by atoms with van der Waals surface area (Å²) in [7, 11) is 0. The van der Waals surface area contributed by atoms with Crippen molar-refractivity contribution in [3.63, 3.8) is 0 Å². The molecule has 0 saturated carbocycles. The van der Waals surface area contributed by atoms with Gasteiger partial charge < -0.3 is 10.5 Å². The fourth-order valence-corrected chi connectivity index (χ4v) is 2.68. The number of hydrogen-bond donors (Lipinski definition) is 1. The molecule has 0 fully saturated rings. The minimum absolute atomic E-state index is 0.116. The van der Waals surface area contributed by atoms with Crippen molar-refractivity contribution >= 4 is 11.6 Å². The molecule has 0 spiro atoms. The van der Waals surface area contributed by atoms with Crippen molar-refractivity contribution in [3.8, 4) is 16.9 Å². The third kappa shape index (κ3) is 2.15. The first-order valence-corrected chi connectivity index (χ1v) is 6.61. The van der Waals surface area contributed by atoms with Crippen LogP contribution in [-0.2, 0) is 6.42 Å². The van der Waals surface area contributed by atoms with Crippen molar-refractivity contribution in [2.24, 2.45) is 5.73 Å². The van der Waals surface area contributed by atoms with Crippen LogP contribution in [0, 0.1) is 11.6 Å². The van der Waals surface area contributed by atoms with Crippen molar-refractivity contribution in [1.82, 2.24) is 0 Å². The quantitative estimate of drug-likeness (QED) is 0.919. The van der Waals surface area contributed by atoms with Gasteiger partial charge in [-0.3, -0.25) is 0 Å². The normalized spacial score (nSPS) is 16.9. The third-order valence-corrected chi connectivity index (χ3v) is 3.66. The third-order valence-electron chi connectivity index (χ3n) is 3.38. The summed E-state index contributed by atoms with van der Waals surface area (Å²) >= 11 is 6.16. The zero-order chi connectivity index (χ0) is 14.3. The fraction of sp³-hybridized carbons (Fsp3) is 0.200. The monoisotopic (exact) mass is 295 g/mol. The predicted molar refractivity (Wildman–Crippen MR) is 74.0 cm³/mol. The second-order valence-electron chi connectivity index (χ2n) is 4.73. The molecule has 1 heterocycles. The van der Waals surface area contributed by atoms with Crippen LogP contribution in [0.2, 0.25) is 5.02 Å². The molecule has 1 aliphatic rings. The Hall–Kier alpha value is -1.65. The summed E-state index contributed by atoms with van der Waals surface area (Å²) in [5.41, 5.74) is 7.17. The number of rotatable bonds is 2. The Morgan fingerprint density at radius 1 is 1.30 bits per heavy atom. The van der Waals surface area contributed by atoms with Crippen LogP contribution < -0.4 is 10.5 Å². The maximum Gasteiger partial charge on any atom is 0.166 e. The van der Waals surface area contributed by atoms with Crippen molar-refractivity contribution in [1.29, 1.82) is 0 Å². The van der Waals surface area contributed by atoms with Crippen LogP contribution in [0.15, 0.2) is 30.3 Å². The molecule has 0 aliphatic carbocycles. The smallest absolute Gasteiger partial charge is 0.166 e. The predicted octanol–water partition coefficient (Wildman–Crippen LogP) is 3.55. The van der Waals surface area contributed by atoms with Crippen molar-refractivity contribution in [2.45, 2.75) is 12.5 Å². The van der Waals surface area contributed by atoms with Crippen LogP contribution in [0.25, 0.3) is 11.1 Å². The zero-order valence-corrected chi connectivity index (χ0v) is 11.3. The van der Waals surface area contributed by atoms with E-state index in [1.807, 2.05) is 0 Å². The minimum Gasteiger partial charge on any atom is -0.487 e. The molecule has 0 radical (unpaired) electrons. The van der Waals surface area contributed by atoms with Gasteiger partial charge in [0.25, 0.3) is 0 Å². The Labute approximate surface area is 120 Å². The summed E-state index contributed by atoms with van der Waals surface area (Å²) in [6, 6.07) is 7.42. The molecule has 1 unspecified atom stereocenters. The lowest BCUT2D eigenvalue weighted by Crippen LogP contribution is -2.24. The molecule has 0 aromatic heterocycles. The van der Waals surface area contributed by atoms with E-state index in [1.165, 1.54) is 12.1 Å². The molecule has 0 saturated heterocycles. The van der Waals surface area contributed by atoms with Crippen molar-refractivity contribution in [3.05, 3.63) is 52.6 Å². The number of hydrogen-bond acceptors (Lipinski definition) is 2. The summed E-state index contributed by atoms with van der Waals surface area (Å²) in [5, 5.41) is 0.386. The van der Waals surface area contributed by atoms with E-state index in [9.17, 15) is 8.78 Å². The first-order valence-electron chi connectivity index (χ1n) is 6.23. The van der Waals surface area contributed by atoms with E-state index in [1.54, 1.807) is 12.1 Å². The largest absolute Gasteiger partial charge is 0.487 e. The molecule has 2 aromatic carbocycles. The van der Waals surface area contributed by atoms with Gasteiger partial charge in [-0.15, -0.1) is 0 Å². The summed E-state index contributed by atoms with van der Waals surface area (Å²) in [4.78, 5) is 0. The summed E-state index contributed by atoms with van der Waals surface area (Å²) in [5.74, 6) is -1.17. The molecule has 20 heavy (non-hydrogen) atoms. The van der Waals surface area contributed by atoms with E-state index < -0.39 is 11.6 Å². The average Bonchev–Trinajstić information content (AvgIpc) is 2.85.